The Morgan fingerprint density at radius 2 is 2.17 bits per heavy atom. The zero-order valence-electron chi connectivity index (χ0n) is 10.3. The largest absolute Gasteiger partial charge is 0.346 e. The normalized spacial score (nSPS) is 22.7. The van der Waals surface area contributed by atoms with E-state index in [2.05, 4.69) is 25.9 Å². The number of halogens is 3. The summed E-state index contributed by atoms with van der Waals surface area (Å²) in [6, 6.07) is 0. The SMILES string of the molecule is CC(C)c1[nH]c(C2CCC(F)(F)C2)nc(=S)c1Br. The maximum absolute atomic E-state index is 13.2. The highest BCUT2D eigenvalue weighted by Crippen LogP contribution is 2.43. The molecule has 100 valence electrons. The summed E-state index contributed by atoms with van der Waals surface area (Å²) in [6.45, 7) is 4.05. The second kappa shape index (κ2) is 4.96. The number of H-pyrrole nitrogens is 1. The Kier molecular flexibility index (Phi) is 3.88. The fourth-order valence-electron chi connectivity index (χ4n) is 2.27. The molecule has 1 aromatic heterocycles. The van der Waals surface area contributed by atoms with Crippen molar-refractivity contribution in [1.29, 1.82) is 0 Å². The van der Waals surface area contributed by atoms with Gasteiger partial charge >= 0.3 is 0 Å². The highest BCUT2D eigenvalue weighted by atomic mass is 79.9. The fourth-order valence-corrected chi connectivity index (χ4v) is 3.12. The first-order valence-corrected chi connectivity index (χ1v) is 7.18. The van der Waals surface area contributed by atoms with E-state index in [0.29, 0.717) is 16.9 Å². The third kappa shape index (κ3) is 2.79. The summed E-state index contributed by atoms with van der Waals surface area (Å²) < 4.78 is 27.7. The van der Waals surface area contributed by atoms with E-state index in [4.69, 9.17) is 12.2 Å². The van der Waals surface area contributed by atoms with Crippen LogP contribution >= 0.6 is 28.1 Å². The van der Waals surface area contributed by atoms with Crippen molar-refractivity contribution in [2.45, 2.75) is 50.9 Å². The van der Waals surface area contributed by atoms with E-state index in [0.717, 1.165) is 10.2 Å². The number of alkyl halides is 2. The summed E-state index contributed by atoms with van der Waals surface area (Å²) in [7, 11) is 0. The van der Waals surface area contributed by atoms with Gasteiger partial charge in [0.05, 0.1) is 4.47 Å². The van der Waals surface area contributed by atoms with Crippen LogP contribution in [0.1, 0.15) is 56.5 Å². The lowest BCUT2D eigenvalue weighted by molar-refractivity contribution is 0.00753. The van der Waals surface area contributed by atoms with Gasteiger partial charge in [0.1, 0.15) is 10.5 Å². The van der Waals surface area contributed by atoms with E-state index in [1.54, 1.807) is 0 Å². The lowest BCUT2D eigenvalue weighted by Crippen LogP contribution is -2.11. The Labute approximate surface area is 118 Å². The molecular formula is C12H15BrF2N2S. The monoisotopic (exact) mass is 336 g/mol. The first-order chi connectivity index (χ1) is 8.30. The minimum atomic E-state index is -2.56. The van der Waals surface area contributed by atoms with Crippen molar-refractivity contribution in [2.75, 3.05) is 0 Å². The molecule has 0 aliphatic heterocycles. The van der Waals surface area contributed by atoms with E-state index in [1.165, 1.54) is 0 Å². The molecule has 1 aliphatic carbocycles. The molecule has 0 spiro atoms. The third-order valence-electron chi connectivity index (χ3n) is 3.28. The molecule has 2 nitrogen and oxygen atoms in total. The van der Waals surface area contributed by atoms with Crippen LogP contribution in [0.25, 0.3) is 0 Å². The van der Waals surface area contributed by atoms with Crippen molar-refractivity contribution in [1.82, 2.24) is 9.97 Å². The number of rotatable bonds is 2. The van der Waals surface area contributed by atoms with Gasteiger partial charge in [-0.15, -0.1) is 0 Å². The molecule has 2 rings (SSSR count). The van der Waals surface area contributed by atoms with E-state index in [-0.39, 0.29) is 24.7 Å². The molecule has 0 radical (unpaired) electrons. The Hall–Kier alpha value is -0.360. The zero-order chi connectivity index (χ0) is 13.5. The quantitative estimate of drug-likeness (QED) is 0.776. The second-order valence-electron chi connectivity index (χ2n) is 5.11. The van der Waals surface area contributed by atoms with Crippen LogP contribution in [-0.2, 0) is 0 Å². The predicted octanol–water partition coefficient (Wildman–Crippen LogP) is 4.93. The third-order valence-corrected chi connectivity index (χ3v) is 4.64. The molecule has 1 heterocycles. The summed E-state index contributed by atoms with van der Waals surface area (Å²) in [5, 5.41) is 0. The molecule has 0 amide bonds. The van der Waals surface area contributed by atoms with Crippen LogP contribution in [0, 0.1) is 4.64 Å². The van der Waals surface area contributed by atoms with Crippen LogP contribution in [0.5, 0.6) is 0 Å². The van der Waals surface area contributed by atoms with Crippen LogP contribution in [0.2, 0.25) is 0 Å². The number of nitrogens with one attached hydrogen (secondary N) is 1. The standard InChI is InChI=1S/C12H15BrF2N2S/c1-6(2)9-8(13)11(18)17-10(16-9)7-3-4-12(14,15)5-7/h6-7H,3-5H2,1-2H3,(H,16,17,18). The summed E-state index contributed by atoms with van der Waals surface area (Å²) in [5.41, 5.74) is 0.931. The first kappa shape index (κ1) is 14.1. The van der Waals surface area contributed by atoms with Gasteiger partial charge in [0.25, 0.3) is 0 Å². The molecule has 1 atom stereocenters. The van der Waals surface area contributed by atoms with Gasteiger partial charge in [-0.25, -0.2) is 13.8 Å². The number of hydrogen-bond donors (Lipinski definition) is 1. The number of nitrogens with zero attached hydrogens (tertiary/aromatic N) is 1. The van der Waals surface area contributed by atoms with Gasteiger partial charge in [-0.3, -0.25) is 0 Å². The molecule has 0 aromatic carbocycles. The Morgan fingerprint density at radius 1 is 1.50 bits per heavy atom. The summed E-state index contributed by atoms with van der Waals surface area (Å²) >= 11 is 8.57. The molecule has 1 unspecified atom stereocenters. The first-order valence-electron chi connectivity index (χ1n) is 5.97. The predicted molar refractivity (Wildman–Crippen MR) is 72.7 cm³/mol. The molecule has 1 aromatic rings. The van der Waals surface area contributed by atoms with Crippen LogP contribution in [0.15, 0.2) is 4.47 Å². The van der Waals surface area contributed by atoms with Gasteiger partial charge in [0, 0.05) is 24.5 Å². The van der Waals surface area contributed by atoms with Crippen molar-refractivity contribution < 1.29 is 8.78 Å². The van der Waals surface area contributed by atoms with Crippen molar-refractivity contribution in [2.24, 2.45) is 0 Å². The maximum Gasteiger partial charge on any atom is 0.248 e. The number of hydrogen-bond acceptors (Lipinski definition) is 2. The van der Waals surface area contributed by atoms with E-state index >= 15 is 0 Å². The van der Waals surface area contributed by atoms with Crippen molar-refractivity contribution in [3.63, 3.8) is 0 Å². The van der Waals surface area contributed by atoms with Crippen molar-refractivity contribution >= 4 is 28.1 Å². The van der Waals surface area contributed by atoms with Crippen LogP contribution in [-0.4, -0.2) is 15.9 Å². The Balaban J connectivity index is 2.38. The molecule has 1 fully saturated rings. The summed E-state index contributed by atoms with van der Waals surface area (Å²) in [4.78, 5) is 7.42. The smallest absolute Gasteiger partial charge is 0.248 e. The summed E-state index contributed by atoms with van der Waals surface area (Å²) in [6.07, 6.45) is 0.266. The van der Waals surface area contributed by atoms with Gasteiger partial charge in [-0.2, -0.15) is 0 Å². The highest BCUT2D eigenvalue weighted by Gasteiger charge is 2.41. The van der Waals surface area contributed by atoms with Crippen LogP contribution in [0.3, 0.4) is 0 Å². The topological polar surface area (TPSA) is 28.7 Å². The minimum absolute atomic E-state index is 0.0625. The average Bonchev–Trinajstić information content (AvgIpc) is 2.62. The number of aromatic nitrogens is 2. The average molecular weight is 337 g/mol. The summed E-state index contributed by atoms with van der Waals surface area (Å²) in [5.74, 6) is -1.94. The lowest BCUT2D eigenvalue weighted by Gasteiger charge is -2.15. The van der Waals surface area contributed by atoms with E-state index < -0.39 is 5.92 Å². The molecule has 18 heavy (non-hydrogen) atoms. The minimum Gasteiger partial charge on any atom is -0.346 e. The zero-order valence-corrected chi connectivity index (χ0v) is 12.7. The Bertz CT molecular complexity index is 513. The highest BCUT2D eigenvalue weighted by molar-refractivity contribution is 9.10. The van der Waals surface area contributed by atoms with Gasteiger partial charge in [-0.05, 0) is 28.3 Å². The van der Waals surface area contributed by atoms with Crippen LogP contribution < -0.4 is 0 Å². The molecule has 1 N–H and O–H groups in total. The molecule has 6 heteroatoms. The van der Waals surface area contributed by atoms with Gasteiger partial charge in [0.15, 0.2) is 0 Å². The molecule has 0 saturated heterocycles. The van der Waals surface area contributed by atoms with Crippen molar-refractivity contribution in [3.8, 4) is 0 Å². The van der Waals surface area contributed by atoms with E-state index in [1.807, 2.05) is 13.8 Å². The molecule has 1 aliphatic rings. The lowest BCUT2D eigenvalue weighted by atomic mass is 10.1. The van der Waals surface area contributed by atoms with Gasteiger partial charge in [-0.1, -0.05) is 26.1 Å². The second-order valence-corrected chi connectivity index (χ2v) is 6.28. The van der Waals surface area contributed by atoms with Crippen LogP contribution in [0.4, 0.5) is 8.78 Å². The molecule has 1 saturated carbocycles. The van der Waals surface area contributed by atoms with Gasteiger partial charge < -0.3 is 4.98 Å². The molecule has 0 bridgehead atoms. The number of aromatic amines is 1. The molecular weight excluding hydrogens is 322 g/mol. The maximum atomic E-state index is 13.2. The van der Waals surface area contributed by atoms with Gasteiger partial charge in [0.2, 0.25) is 5.92 Å². The van der Waals surface area contributed by atoms with E-state index in [9.17, 15) is 8.78 Å². The van der Waals surface area contributed by atoms with Crippen molar-refractivity contribution in [3.05, 3.63) is 20.6 Å². The fraction of sp³-hybridized carbons (Fsp3) is 0.667. The Morgan fingerprint density at radius 3 is 2.67 bits per heavy atom.